The molecule has 0 unspecified atom stereocenters. The summed E-state index contributed by atoms with van der Waals surface area (Å²) in [6, 6.07) is 14.9. The van der Waals surface area contributed by atoms with E-state index in [1.165, 1.54) is 16.7 Å². The molecule has 0 radical (unpaired) electrons. The Kier molecular flexibility index (Phi) is 5.37. The first kappa shape index (κ1) is 15.5. The van der Waals surface area contributed by atoms with E-state index in [1.54, 1.807) is 7.11 Å². The molecule has 0 aromatic heterocycles. The van der Waals surface area contributed by atoms with E-state index in [4.69, 9.17) is 10.5 Å². The summed E-state index contributed by atoms with van der Waals surface area (Å²) in [4.78, 5) is 2.30. The largest absolute Gasteiger partial charge is 0.496 e. The van der Waals surface area contributed by atoms with Crippen molar-refractivity contribution in [2.24, 2.45) is 5.73 Å². The topological polar surface area (TPSA) is 38.5 Å². The molecule has 0 fully saturated rings. The van der Waals surface area contributed by atoms with Crippen LogP contribution in [0.5, 0.6) is 5.75 Å². The van der Waals surface area contributed by atoms with E-state index in [1.807, 2.05) is 6.07 Å². The summed E-state index contributed by atoms with van der Waals surface area (Å²) < 4.78 is 5.31. The minimum absolute atomic E-state index is 0.499. The molecule has 2 rings (SSSR count). The molecule has 0 saturated carbocycles. The van der Waals surface area contributed by atoms with Crippen molar-refractivity contribution in [2.45, 2.75) is 26.6 Å². The molecule has 0 aliphatic carbocycles. The van der Waals surface area contributed by atoms with Gasteiger partial charge < -0.3 is 10.5 Å². The van der Waals surface area contributed by atoms with E-state index in [0.29, 0.717) is 6.54 Å². The van der Waals surface area contributed by atoms with Crippen molar-refractivity contribution in [3.05, 3.63) is 64.7 Å². The summed E-state index contributed by atoms with van der Waals surface area (Å²) in [6.07, 6.45) is 0. The second kappa shape index (κ2) is 7.25. The van der Waals surface area contributed by atoms with Gasteiger partial charge in [0.2, 0.25) is 0 Å². The van der Waals surface area contributed by atoms with E-state index in [9.17, 15) is 0 Å². The number of hydrogen-bond acceptors (Lipinski definition) is 3. The van der Waals surface area contributed by atoms with Gasteiger partial charge in [-0.2, -0.15) is 0 Å². The lowest BCUT2D eigenvalue weighted by Crippen LogP contribution is -2.17. The summed E-state index contributed by atoms with van der Waals surface area (Å²) >= 11 is 0. The molecule has 2 aromatic carbocycles. The number of methoxy groups -OCH3 is 1. The van der Waals surface area contributed by atoms with E-state index < -0.39 is 0 Å². The monoisotopic (exact) mass is 284 g/mol. The number of benzene rings is 2. The third kappa shape index (κ3) is 4.31. The van der Waals surface area contributed by atoms with Gasteiger partial charge in [-0.25, -0.2) is 0 Å². The molecule has 0 heterocycles. The predicted octanol–water partition coefficient (Wildman–Crippen LogP) is 3.09. The van der Waals surface area contributed by atoms with Crippen LogP contribution < -0.4 is 10.5 Å². The van der Waals surface area contributed by atoms with Crippen LogP contribution in [0.15, 0.2) is 42.5 Å². The van der Waals surface area contributed by atoms with Crippen LogP contribution in [0, 0.1) is 6.92 Å². The zero-order chi connectivity index (χ0) is 15.2. The minimum atomic E-state index is 0.499. The number of nitrogens with two attached hydrogens (primary N) is 1. The Balaban J connectivity index is 2.02. The standard InChI is InChI=1S/C18H24N2O/c1-14-4-6-15(7-5-14)12-20(2)13-16-8-9-18(21-3)17(10-16)11-19/h4-10H,11-13,19H2,1-3H3. The van der Waals surface area contributed by atoms with Crippen LogP contribution in [-0.4, -0.2) is 19.1 Å². The second-order valence-electron chi connectivity index (χ2n) is 5.51. The second-order valence-corrected chi connectivity index (χ2v) is 5.51. The van der Waals surface area contributed by atoms with E-state index >= 15 is 0 Å². The van der Waals surface area contributed by atoms with Crippen LogP contribution >= 0.6 is 0 Å². The van der Waals surface area contributed by atoms with Crippen LogP contribution in [-0.2, 0) is 19.6 Å². The van der Waals surface area contributed by atoms with E-state index in [2.05, 4.69) is 55.3 Å². The molecule has 0 amide bonds. The lowest BCUT2D eigenvalue weighted by atomic mass is 10.1. The van der Waals surface area contributed by atoms with Gasteiger partial charge in [0, 0.05) is 25.2 Å². The van der Waals surface area contributed by atoms with Crippen LogP contribution in [0.2, 0.25) is 0 Å². The Morgan fingerprint density at radius 2 is 1.62 bits per heavy atom. The average Bonchev–Trinajstić information content (AvgIpc) is 2.49. The quantitative estimate of drug-likeness (QED) is 0.886. The van der Waals surface area contributed by atoms with Crippen molar-refractivity contribution in [3.8, 4) is 5.75 Å². The maximum Gasteiger partial charge on any atom is 0.123 e. The van der Waals surface area contributed by atoms with E-state index in [-0.39, 0.29) is 0 Å². The third-order valence-corrected chi connectivity index (χ3v) is 3.59. The number of hydrogen-bond donors (Lipinski definition) is 1. The molecule has 0 spiro atoms. The highest BCUT2D eigenvalue weighted by atomic mass is 16.5. The first-order valence-corrected chi connectivity index (χ1v) is 7.22. The average molecular weight is 284 g/mol. The Bertz CT molecular complexity index is 578. The van der Waals surface area contributed by atoms with Gasteiger partial charge in [0.15, 0.2) is 0 Å². The van der Waals surface area contributed by atoms with Crippen molar-refractivity contribution in [1.82, 2.24) is 4.90 Å². The number of aryl methyl sites for hydroxylation is 1. The highest BCUT2D eigenvalue weighted by Crippen LogP contribution is 2.20. The smallest absolute Gasteiger partial charge is 0.123 e. The number of nitrogens with zero attached hydrogens (tertiary/aromatic N) is 1. The summed E-state index contributed by atoms with van der Waals surface area (Å²) in [5, 5.41) is 0. The van der Waals surface area contributed by atoms with Gasteiger partial charge >= 0.3 is 0 Å². The Morgan fingerprint density at radius 3 is 2.24 bits per heavy atom. The molecule has 3 heteroatoms. The van der Waals surface area contributed by atoms with Crippen molar-refractivity contribution in [2.75, 3.05) is 14.2 Å². The van der Waals surface area contributed by atoms with Crippen molar-refractivity contribution in [3.63, 3.8) is 0 Å². The first-order chi connectivity index (χ1) is 10.1. The summed E-state index contributed by atoms with van der Waals surface area (Å²) in [5.41, 5.74) is 10.7. The SMILES string of the molecule is COc1ccc(CN(C)Cc2ccc(C)cc2)cc1CN. The van der Waals surface area contributed by atoms with Gasteiger partial charge in [0.25, 0.3) is 0 Å². The van der Waals surface area contributed by atoms with Crippen LogP contribution in [0.3, 0.4) is 0 Å². The summed E-state index contributed by atoms with van der Waals surface area (Å²) in [6.45, 7) is 4.44. The van der Waals surface area contributed by atoms with Gasteiger partial charge in [0.1, 0.15) is 5.75 Å². The van der Waals surface area contributed by atoms with Crippen molar-refractivity contribution in [1.29, 1.82) is 0 Å². The lowest BCUT2D eigenvalue weighted by molar-refractivity contribution is 0.318. The first-order valence-electron chi connectivity index (χ1n) is 7.22. The van der Waals surface area contributed by atoms with Crippen LogP contribution in [0.1, 0.15) is 22.3 Å². The Hall–Kier alpha value is -1.84. The summed E-state index contributed by atoms with van der Waals surface area (Å²) in [5.74, 6) is 0.863. The van der Waals surface area contributed by atoms with Crippen molar-refractivity contribution < 1.29 is 4.74 Å². The molecule has 0 bridgehead atoms. The molecular weight excluding hydrogens is 260 g/mol. The molecular formula is C18H24N2O. The highest BCUT2D eigenvalue weighted by Gasteiger charge is 2.06. The van der Waals surface area contributed by atoms with Crippen LogP contribution in [0.25, 0.3) is 0 Å². The van der Waals surface area contributed by atoms with Crippen molar-refractivity contribution >= 4 is 0 Å². The molecule has 3 nitrogen and oxygen atoms in total. The van der Waals surface area contributed by atoms with Gasteiger partial charge in [0.05, 0.1) is 7.11 Å². The Morgan fingerprint density at radius 1 is 1.00 bits per heavy atom. The molecule has 2 N–H and O–H groups in total. The number of rotatable bonds is 6. The molecule has 112 valence electrons. The molecule has 0 atom stereocenters. The van der Waals surface area contributed by atoms with Gasteiger partial charge in [-0.3, -0.25) is 4.90 Å². The minimum Gasteiger partial charge on any atom is -0.496 e. The fraction of sp³-hybridized carbons (Fsp3) is 0.333. The molecule has 2 aromatic rings. The molecule has 0 aliphatic rings. The molecule has 0 saturated heterocycles. The lowest BCUT2D eigenvalue weighted by Gasteiger charge is -2.18. The zero-order valence-corrected chi connectivity index (χ0v) is 13.1. The third-order valence-electron chi connectivity index (χ3n) is 3.59. The Labute approximate surface area is 127 Å². The number of ether oxygens (including phenoxy) is 1. The van der Waals surface area contributed by atoms with Gasteiger partial charge in [-0.05, 0) is 37.2 Å². The van der Waals surface area contributed by atoms with Gasteiger partial charge in [-0.1, -0.05) is 35.9 Å². The maximum absolute atomic E-state index is 5.77. The molecule has 21 heavy (non-hydrogen) atoms. The normalized spacial score (nSPS) is 10.9. The summed E-state index contributed by atoms with van der Waals surface area (Å²) in [7, 11) is 3.81. The van der Waals surface area contributed by atoms with E-state index in [0.717, 1.165) is 24.4 Å². The molecule has 0 aliphatic heterocycles. The zero-order valence-electron chi connectivity index (χ0n) is 13.1. The fourth-order valence-electron chi connectivity index (χ4n) is 2.46. The van der Waals surface area contributed by atoms with Crippen LogP contribution in [0.4, 0.5) is 0 Å². The maximum atomic E-state index is 5.77. The highest BCUT2D eigenvalue weighted by molar-refractivity contribution is 5.37. The van der Waals surface area contributed by atoms with Gasteiger partial charge in [-0.15, -0.1) is 0 Å². The predicted molar refractivity (Wildman–Crippen MR) is 87.2 cm³/mol. The fourth-order valence-corrected chi connectivity index (χ4v) is 2.46.